The molecule has 0 saturated heterocycles. The highest BCUT2D eigenvalue weighted by atomic mass is 32.2. The Kier molecular flexibility index (Phi) is 5.29. The Bertz CT molecular complexity index is 440. The van der Waals surface area contributed by atoms with Gasteiger partial charge in [-0.1, -0.05) is 23.9 Å². The van der Waals surface area contributed by atoms with Gasteiger partial charge in [-0.2, -0.15) is 0 Å². The monoisotopic (exact) mass is 252 g/mol. The predicted molar refractivity (Wildman–Crippen MR) is 64.8 cm³/mol. The maximum atomic E-state index is 11.4. The summed E-state index contributed by atoms with van der Waals surface area (Å²) in [7, 11) is 2.63. The maximum Gasteiger partial charge on any atom is 0.339 e. The first kappa shape index (κ1) is 13.3. The standard InChI is InChI=1S/C12H12O4S/c1-15-11(13)7-8-17-10-6-4-3-5-9(10)12(14)16-2/h3-8H,1-2H3. The molecule has 0 N–H and O–H groups in total. The highest BCUT2D eigenvalue weighted by molar-refractivity contribution is 8.02. The van der Waals surface area contributed by atoms with Crippen molar-refractivity contribution in [1.82, 2.24) is 0 Å². The van der Waals surface area contributed by atoms with E-state index in [1.165, 1.54) is 32.1 Å². The van der Waals surface area contributed by atoms with Crippen LogP contribution in [0, 0.1) is 0 Å². The van der Waals surface area contributed by atoms with E-state index >= 15 is 0 Å². The van der Waals surface area contributed by atoms with Crippen LogP contribution in [0.25, 0.3) is 0 Å². The van der Waals surface area contributed by atoms with Crippen LogP contribution in [0.15, 0.2) is 40.6 Å². The summed E-state index contributed by atoms with van der Waals surface area (Å²) in [6.07, 6.45) is 1.29. The van der Waals surface area contributed by atoms with Crippen molar-refractivity contribution in [1.29, 1.82) is 0 Å². The van der Waals surface area contributed by atoms with E-state index in [9.17, 15) is 9.59 Å². The Morgan fingerprint density at radius 3 is 2.53 bits per heavy atom. The lowest BCUT2D eigenvalue weighted by Gasteiger charge is -2.04. The van der Waals surface area contributed by atoms with Crippen molar-refractivity contribution in [3.8, 4) is 0 Å². The molecule has 0 atom stereocenters. The van der Waals surface area contributed by atoms with Gasteiger partial charge in [-0.05, 0) is 17.5 Å². The molecule has 0 aliphatic carbocycles. The van der Waals surface area contributed by atoms with Gasteiger partial charge >= 0.3 is 11.9 Å². The molecule has 0 fully saturated rings. The van der Waals surface area contributed by atoms with Crippen LogP contribution >= 0.6 is 11.8 Å². The first-order valence-electron chi connectivity index (χ1n) is 4.77. The second kappa shape index (κ2) is 6.75. The second-order valence-corrected chi connectivity index (χ2v) is 3.88. The molecule has 0 unspecified atom stereocenters. The molecule has 1 aromatic carbocycles. The lowest BCUT2D eigenvalue weighted by Crippen LogP contribution is -2.02. The smallest absolute Gasteiger partial charge is 0.339 e. The van der Waals surface area contributed by atoms with Crippen LogP contribution < -0.4 is 0 Å². The molecule has 4 nitrogen and oxygen atoms in total. The van der Waals surface area contributed by atoms with Crippen molar-refractivity contribution in [3.63, 3.8) is 0 Å². The molecule has 0 aromatic heterocycles. The molecule has 17 heavy (non-hydrogen) atoms. The van der Waals surface area contributed by atoms with Crippen LogP contribution in [0.2, 0.25) is 0 Å². The summed E-state index contributed by atoms with van der Waals surface area (Å²) in [6.45, 7) is 0. The molecule has 90 valence electrons. The Labute approximate surface area is 104 Å². The van der Waals surface area contributed by atoms with E-state index in [0.717, 1.165) is 4.90 Å². The van der Waals surface area contributed by atoms with Crippen molar-refractivity contribution < 1.29 is 19.1 Å². The molecule has 0 aliphatic rings. The third-order valence-electron chi connectivity index (χ3n) is 1.89. The van der Waals surface area contributed by atoms with E-state index in [0.29, 0.717) is 5.56 Å². The first-order chi connectivity index (χ1) is 8.19. The molecule has 0 saturated carbocycles. The fourth-order valence-corrected chi connectivity index (χ4v) is 1.84. The van der Waals surface area contributed by atoms with Crippen molar-refractivity contribution in [3.05, 3.63) is 41.3 Å². The fraction of sp³-hybridized carbons (Fsp3) is 0.167. The Hall–Kier alpha value is -1.75. The number of thioether (sulfide) groups is 1. The van der Waals surface area contributed by atoms with E-state index in [1.807, 2.05) is 0 Å². The number of hydrogen-bond acceptors (Lipinski definition) is 5. The molecule has 1 rings (SSSR count). The van der Waals surface area contributed by atoms with Crippen molar-refractivity contribution in [2.24, 2.45) is 0 Å². The van der Waals surface area contributed by atoms with Crippen LogP contribution in [-0.4, -0.2) is 26.2 Å². The van der Waals surface area contributed by atoms with Gasteiger partial charge < -0.3 is 9.47 Å². The van der Waals surface area contributed by atoms with E-state index in [1.54, 1.807) is 29.7 Å². The largest absolute Gasteiger partial charge is 0.466 e. The summed E-state index contributed by atoms with van der Waals surface area (Å²) in [4.78, 5) is 23.0. The van der Waals surface area contributed by atoms with Gasteiger partial charge in [0.25, 0.3) is 0 Å². The summed E-state index contributed by atoms with van der Waals surface area (Å²) in [5, 5.41) is 1.56. The average Bonchev–Trinajstić information content (AvgIpc) is 2.38. The highest BCUT2D eigenvalue weighted by Crippen LogP contribution is 2.24. The Morgan fingerprint density at radius 1 is 1.18 bits per heavy atom. The van der Waals surface area contributed by atoms with Crippen LogP contribution in [0.3, 0.4) is 0 Å². The molecule has 0 bridgehead atoms. The van der Waals surface area contributed by atoms with Crippen molar-refractivity contribution in [2.75, 3.05) is 14.2 Å². The quantitative estimate of drug-likeness (QED) is 0.467. The van der Waals surface area contributed by atoms with Gasteiger partial charge in [0.05, 0.1) is 19.8 Å². The number of carbonyl (C=O) groups excluding carboxylic acids is 2. The van der Waals surface area contributed by atoms with Crippen molar-refractivity contribution >= 4 is 23.7 Å². The molecule has 0 aliphatic heterocycles. The Morgan fingerprint density at radius 2 is 1.88 bits per heavy atom. The van der Waals surface area contributed by atoms with Gasteiger partial charge in [0.1, 0.15) is 0 Å². The summed E-state index contributed by atoms with van der Waals surface area (Å²) in [5.41, 5.74) is 0.467. The number of hydrogen-bond donors (Lipinski definition) is 0. The number of methoxy groups -OCH3 is 2. The van der Waals surface area contributed by atoms with Gasteiger partial charge in [-0.15, -0.1) is 0 Å². The number of ether oxygens (including phenoxy) is 2. The zero-order valence-electron chi connectivity index (χ0n) is 9.51. The van der Waals surface area contributed by atoms with E-state index in [4.69, 9.17) is 0 Å². The zero-order chi connectivity index (χ0) is 12.7. The molecule has 0 heterocycles. The molecule has 0 radical (unpaired) electrons. The average molecular weight is 252 g/mol. The predicted octanol–water partition coefficient (Wildman–Crippen LogP) is 2.25. The summed E-state index contributed by atoms with van der Waals surface area (Å²) in [5.74, 6) is -0.840. The molecular weight excluding hydrogens is 240 g/mol. The summed E-state index contributed by atoms with van der Waals surface area (Å²) in [6, 6.07) is 7.00. The van der Waals surface area contributed by atoms with Gasteiger partial charge in [0.2, 0.25) is 0 Å². The normalized spacial score (nSPS) is 10.2. The summed E-state index contributed by atoms with van der Waals surface area (Å²) >= 11 is 1.25. The summed E-state index contributed by atoms with van der Waals surface area (Å²) < 4.78 is 9.11. The number of rotatable bonds is 4. The van der Waals surface area contributed by atoms with Gasteiger partial charge in [0.15, 0.2) is 0 Å². The molecule has 5 heteroatoms. The molecule has 0 amide bonds. The zero-order valence-corrected chi connectivity index (χ0v) is 10.3. The van der Waals surface area contributed by atoms with E-state index in [-0.39, 0.29) is 0 Å². The van der Waals surface area contributed by atoms with Crippen molar-refractivity contribution in [2.45, 2.75) is 4.90 Å². The van der Waals surface area contributed by atoms with Gasteiger partial charge in [-0.25, -0.2) is 9.59 Å². The third-order valence-corrected chi connectivity index (χ3v) is 2.77. The third kappa shape index (κ3) is 3.96. The van der Waals surface area contributed by atoms with Crippen LogP contribution in [0.5, 0.6) is 0 Å². The number of esters is 2. The minimum absolute atomic E-state index is 0.403. The second-order valence-electron chi connectivity index (χ2n) is 2.93. The SMILES string of the molecule is COC(=O)C=CSc1ccccc1C(=O)OC. The number of benzene rings is 1. The van der Waals surface area contributed by atoms with E-state index < -0.39 is 11.9 Å². The van der Waals surface area contributed by atoms with Crippen LogP contribution in [0.4, 0.5) is 0 Å². The lowest BCUT2D eigenvalue weighted by atomic mass is 10.2. The maximum absolute atomic E-state index is 11.4. The first-order valence-corrected chi connectivity index (χ1v) is 5.65. The lowest BCUT2D eigenvalue weighted by molar-refractivity contribution is -0.134. The number of carbonyl (C=O) groups is 2. The van der Waals surface area contributed by atoms with Crippen LogP contribution in [0.1, 0.15) is 10.4 Å². The minimum Gasteiger partial charge on any atom is -0.466 e. The highest BCUT2D eigenvalue weighted by Gasteiger charge is 2.10. The molecular formula is C12H12O4S. The minimum atomic E-state index is -0.437. The Balaban J connectivity index is 2.80. The van der Waals surface area contributed by atoms with Gasteiger partial charge in [0, 0.05) is 11.0 Å². The molecule has 1 aromatic rings. The van der Waals surface area contributed by atoms with Crippen LogP contribution in [-0.2, 0) is 14.3 Å². The van der Waals surface area contributed by atoms with E-state index in [2.05, 4.69) is 9.47 Å². The van der Waals surface area contributed by atoms with Gasteiger partial charge in [-0.3, -0.25) is 0 Å². The fourth-order valence-electron chi connectivity index (χ4n) is 1.08. The molecule has 0 spiro atoms. The topological polar surface area (TPSA) is 52.6 Å².